The fraction of sp³-hybridized carbons (Fsp3) is 0.846. The van der Waals surface area contributed by atoms with E-state index in [9.17, 15) is 19.8 Å². The third-order valence-corrected chi connectivity index (χ3v) is 11.4. The number of nitrogens with one attached hydrogen (secondary N) is 1. The first-order valence-electron chi connectivity index (χ1n) is 25.3. The Labute approximate surface area is 360 Å². The lowest BCUT2D eigenvalue weighted by atomic mass is 10.0. The summed E-state index contributed by atoms with van der Waals surface area (Å²) in [4.78, 5) is 24.4. The fourth-order valence-corrected chi connectivity index (χ4v) is 7.47. The van der Waals surface area contributed by atoms with Crippen LogP contribution in [0.2, 0.25) is 0 Å². The molecule has 0 aromatic rings. The molecule has 0 bridgehead atoms. The predicted octanol–water partition coefficient (Wildman–Crippen LogP) is 14.9. The lowest BCUT2D eigenvalue weighted by Gasteiger charge is -2.20. The highest BCUT2D eigenvalue weighted by Gasteiger charge is 2.18. The van der Waals surface area contributed by atoms with Crippen molar-refractivity contribution in [3.05, 3.63) is 36.5 Å². The Morgan fingerprint density at radius 1 is 0.483 bits per heavy atom. The lowest BCUT2D eigenvalue weighted by molar-refractivity contribution is -0.143. The number of carbonyl (C=O) groups is 2. The smallest absolute Gasteiger partial charge is 0.305 e. The van der Waals surface area contributed by atoms with E-state index < -0.39 is 12.1 Å². The Morgan fingerprint density at radius 3 is 1.36 bits per heavy atom. The van der Waals surface area contributed by atoms with Crippen molar-refractivity contribution in [3.8, 4) is 0 Å². The zero-order chi connectivity index (χ0) is 42.3. The highest BCUT2D eigenvalue weighted by Crippen LogP contribution is 2.15. The van der Waals surface area contributed by atoms with E-state index in [1.165, 1.54) is 161 Å². The maximum Gasteiger partial charge on any atom is 0.305 e. The molecule has 0 saturated heterocycles. The molecule has 0 aliphatic rings. The van der Waals surface area contributed by atoms with E-state index in [2.05, 4.69) is 43.5 Å². The molecule has 1 amide bonds. The second-order valence-electron chi connectivity index (χ2n) is 17.1. The lowest BCUT2D eigenvalue weighted by Crippen LogP contribution is -2.45. The molecule has 3 N–H and O–H groups in total. The first-order chi connectivity index (χ1) is 28.5. The summed E-state index contributed by atoms with van der Waals surface area (Å²) in [6, 6.07) is -0.638. The number of unbranched alkanes of at least 4 members (excludes halogenated alkanes) is 31. The van der Waals surface area contributed by atoms with Crippen molar-refractivity contribution >= 4 is 11.9 Å². The van der Waals surface area contributed by atoms with Gasteiger partial charge in [0.05, 0.1) is 25.4 Å². The standard InChI is InChI=1S/C52H97NO5/c1-3-5-7-9-11-13-15-17-20-24-28-32-36-40-44-50(55)49(48-54)53-51(56)45-41-37-33-29-25-21-19-23-27-31-35-39-43-47-58-52(57)46-42-38-34-30-26-22-18-16-14-12-10-8-6-4-2/h10,12,16,18,40,44,49-50,54-55H,3-9,11,13-15,17,19-39,41-43,45-48H2,1-2H3,(H,53,56)/b12-10-,18-16-,44-40+. The molecule has 0 aromatic heterocycles. The van der Waals surface area contributed by atoms with Gasteiger partial charge in [-0.15, -0.1) is 0 Å². The van der Waals surface area contributed by atoms with Crippen molar-refractivity contribution < 1.29 is 24.5 Å². The van der Waals surface area contributed by atoms with E-state index >= 15 is 0 Å². The van der Waals surface area contributed by atoms with Crippen LogP contribution in [0.1, 0.15) is 258 Å². The zero-order valence-electron chi connectivity index (χ0n) is 38.5. The van der Waals surface area contributed by atoms with Crippen LogP contribution < -0.4 is 5.32 Å². The summed E-state index contributed by atoms with van der Waals surface area (Å²) in [5.74, 6) is -0.104. The first-order valence-corrected chi connectivity index (χ1v) is 25.3. The number of amides is 1. The highest BCUT2D eigenvalue weighted by atomic mass is 16.5. The molecule has 0 aromatic carbocycles. The van der Waals surface area contributed by atoms with Crippen molar-refractivity contribution in [3.63, 3.8) is 0 Å². The molecule has 6 nitrogen and oxygen atoms in total. The van der Waals surface area contributed by atoms with Crippen LogP contribution >= 0.6 is 0 Å². The first kappa shape index (κ1) is 56.1. The normalized spacial score (nSPS) is 13.0. The summed E-state index contributed by atoms with van der Waals surface area (Å²) in [6.45, 7) is 4.82. The summed E-state index contributed by atoms with van der Waals surface area (Å²) < 4.78 is 5.45. The average Bonchev–Trinajstić information content (AvgIpc) is 3.22. The van der Waals surface area contributed by atoms with Crippen LogP contribution in [0.4, 0.5) is 0 Å². The molecule has 2 unspecified atom stereocenters. The van der Waals surface area contributed by atoms with Crippen molar-refractivity contribution in [1.29, 1.82) is 0 Å². The molecular formula is C52H97NO5. The van der Waals surface area contributed by atoms with Gasteiger partial charge in [0.15, 0.2) is 0 Å². The monoisotopic (exact) mass is 816 g/mol. The van der Waals surface area contributed by atoms with Crippen molar-refractivity contribution in [2.24, 2.45) is 0 Å². The molecule has 340 valence electrons. The Kier molecular flexibility index (Phi) is 46.2. The minimum atomic E-state index is -0.853. The third kappa shape index (κ3) is 43.7. The number of hydrogen-bond donors (Lipinski definition) is 3. The van der Waals surface area contributed by atoms with E-state index in [0.29, 0.717) is 19.4 Å². The number of esters is 1. The summed E-state index contributed by atoms with van der Waals surface area (Å²) >= 11 is 0. The van der Waals surface area contributed by atoms with E-state index in [1.54, 1.807) is 6.08 Å². The highest BCUT2D eigenvalue weighted by molar-refractivity contribution is 5.76. The second-order valence-corrected chi connectivity index (χ2v) is 17.1. The van der Waals surface area contributed by atoms with Crippen LogP contribution in [-0.2, 0) is 14.3 Å². The zero-order valence-corrected chi connectivity index (χ0v) is 38.5. The topological polar surface area (TPSA) is 95.9 Å². The average molecular weight is 816 g/mol. The Hall–Kier alpha value is -1.92. The van der Waals surface area contributed by atoms with E-state index in [4.69, 9.17) is 4.74 Å². The van der Waals surface area contributed by atoms with Gasteiger partial charge in [-0.3, -0.25) is 9.59 Å². The molecule has 0 saturated carbocycles. The van der Waals surface area contributed by atoms with E-state index in [1.807, 2.05) is 6.08 Å². The molecule has 2 atom stereocenters. The quantitative estimate of drug-likeness (QED) is 0.0323. The number of aliphatic hydroxyl groups is 2. The molecule has 0 heterocycles. The van der Waals surface area contributed by atoms with Crippen LogP contribution in [0.5, 0.6) is 0 Å². The predicted molar refractivity (Wildman–Crippen MR) is 250 cm³/mol. The number of aliphatic hydroxyl groups excluding tert-OH is 2. The number of hydrogen-bond acceptors (Lipinski definition) is 5. The van der Waals surface area contributed by atoms with Gasteiger partial charge in [-0.25, -0.2) is 0 Å². The van der Waals surface area contributed by atoms with Gasteiger partial charge in [0.25, 0.3) is 0 Å². The van der Waals surface area contributed by atoms with Gasteiger partial charge in [-0.2, -0.15) is 0 Å². The molecule has 0 aliphatic heterocycles. The maximum atomic E-state index is 12.4. The molecule has 0 radical (unpaired) electrons. The van der Waals surface area contributed by atoms with Crippen molar-refractivity contribution in [1.82, 2.24) is 5.32 Å². The van der Waals surface area contributed by atoms with E-state index in [0.717, 1.165) is 70.6 Å². The summed E-state index contributed by atoms with van der Waals surface area (Å²) in [5, 5.41) is 23.0. The van der Waals surface area contributed by atoms with Crippen LogP contribution in [0.15, 0.2) is 36.5 Å². The van der Waals surface area contributed by atoms with Crippen LogP contribution in [0.3, 0.4) is 0 Å². The molecular weight excluding hydrogens is 719 g/mol. The van der Waals surface area contributed by atoms with Gasteiger partial charge in [0.1, 0.15) is 0 Å². The van der Waals surface area contributed by atoms with Crippen molar-refractivity contribution in [2.75, 3.05) is 13.2 Å². The Morgan fingerprint density at radius 2 is 0.879 bits per heavy atom. The third-order valence-electron chi connectivity index (χ3n) is 11.4. The number of ether oxygens (including phenoxy) is 1. The summed E-state index contributed by atoms with van der Waals surface area (Å²) in [5.41, 5.74) is 0. The number of rotatable bonds is 46. The minimum Gasteiger partial charge on any atom is -0.466 e. The number of allylic oxidation sites excluding steroid dienone is 5. The SMILES string of the molecule is CCCC/C=C\C/C=C\CCCCCCCC(=O)OCCCCCCCCCCCCCCCC(=O)NC(CO)C(O)/C=C/CCCCCCCCCCCCCC. The molecule has 0 rings (SSSR count). The fourth-order valence-electron chi connectivity index (χ4n) is 7.47. The van der Waals surface area contributed by atoms with Gasteiger partial charge >= 0.3 is 5.97 Å². The molecule has 58 heavy (non-hydrogen) atoms. The van der Waals surface area contributed by atoms with Gasteiger partial charge in [0, 0.05) is 12.8 Å². The second kappa shape index (κ2) is 47.8. The summed E-state index contributed by atoms with van der Waals surface area (Å²) in [6.07, 6.45) is 57.0. The van der Waals surface area contributed by atoms with Crippen LogP contribution in [0.25, 0.3) is 0 Å². The molecule has 6 heteroatoms. The van der Waals surface area contributed by atoms with Gasteiger partial charge in [0.2, 0.25) is 5.91 Å². The van der Waals surface area contributed by atoms with Gasteiger partial charge in [-0.1, -0.05) is 224 Å². The Bertz CT molecular complexity index is 946. The largest absolute Gasteiger partial charge is 0.466 e. The van der Waals surface area contributed by atoms with Crippen molar-refractivity contribution in [2.45, 2.75) is 270 Å². The summed E-state index contributed by atoms with van der Waals surface area (Å²) in [7, 11) is 0. The van der Waals surface area contributed by atoms with Crippen LogP contribution in [0, 0.1) is 0 Å². The number of carbonyl (C=O) groups excluding carboxylic acids is 2. The van der Waals surface area contributed by atoms with E-state index in [-0.39, 0.29) is 18.5 Å². The van der Waals surface area contributed by atoms with Gasteiger partial charge < -0.3 is 20.3 Å². The molecule has 0 fully saturated rings. The van der Waals surface area contributed by atoms with Crippen LogP contribution in [-0.4, -0.2) is 47.4 Å². The minimum absolute atomic E-state index is 0.0221. The van der Waals surface area contributed by atoms with Gasteiger partial charge in [-0.05, 0) is 57.8 Å². The molecule has 0 spiro atoms. The molecule has 0 aliphatic carbocycles. The Balaban J connectivity index is 3.50. The maximum absolute atomic E-state index is 12.4.